The molecule has 2 rings (SSSR count). The summed E-state index contributed by atoms with van der Waals surface area (Å²) in [6.45, 7) is 4.68. The Bertz CT molecular complexity index is 1040. The average molecular weight is 457 g/mol. The van der Waals surface area contributed by atoms with E-state index in [4.69, 9.17) is 14.2 Å². The Morgan fingerprint density at radius 3 is 2.18 bits per heavy atom. The van der Waals surface area contributed by atoms with E-state index >= 15 is 0 Å². The first-order valence-electron chi connectivity index (χ1n) is 9.95. The summed E-state index contributed by atoms with van der Waals surface area (Å²) in [6, 6.07) is 10.7. The van der Waals surface area contributed by atoms with Gasteiger partial charge < -0.3 is 19.5 Å². The summed E-state index contributed by atoms with van der Waals surface area (Å²) in [6.07, 6.45) is 0. The minimum absolute atomic E-state index is 0.156. The molecule has 0 aromatic heterocycles. The number of rotatable bonds is 7. The van der Waals surface area contributed by atoms with Crippen LogP contribution in [0.4, 0.5) is 5.69 Å². The average Bonchev–Trinajstić information content (AvgIpc) is 2.79. The van der Waals surface area contributed by atoms with E-state index in [0.717, 1.165) is 0 Å². The number of amides is 3. The number of methoxy groups -OCH3 is 2. The minimum Gasteiger partial charge on any atom is -0.493 e. The van der Waals surface area contributed by atoms with Crippen LogP contribution in [0.5, 0.6) is 11.5 Å². The smallest absolute Gasteiger partial charge is 0.338 e. The van der Waals surface area contributed by atoms with E-state index in [0.29, 0.717) is 17.2 Å². The lowest BCUT2D eigenvalue weighted by Crippen LogP contribution is -2.43. The van der Waals surface area contributed by atoms with E-state index in [-0.39, 0.29) is 17.0 Å². The van der Waals surface area contributed by atoms with Crippen LogP contribution in [-0.4, -0.2) is 44.5 Å². The first kappa shape index (κ1) is 25.2. The number of nitrogens with one attached hydrogen (secondary N) is 3. The van der Waals surface area contributed by atoms with Crippen LogP contribution in [-0.2, 0) is 14.3 Å². The lowest BCUT2D eigenvalue weighted by atomic mass is 9.95. The fraction of sp³-hybridized carbons (Fsp3) is 0.304. The van der Waals surface area contributed by atoms with Crippen LogP contribution >= 0.6 is 0 Å². The Kier molecular flexibility index (Phi) is 8.38. The fourth-order valence-corrected chi connectivity index (χ4v) is 2.47. The molecule has 0 aliphatic rings. The van der Waals surface area contributed by atoms with Gasteiger partial charge in [0.15, 0.2) is 18.1 Å². The van der Waals surface area contributed by atoms with Gasteiger partial charge in [-0.1, -0.05) is 26.8 Å². The van der Waals surface area contributed by atoms with E-state index in [1.165, 1.54) is 38.5 Å². The van der Waals surface area contributed by atoms with Crippen molar-refractivity contribution in [3.63, 3.8) is 0 Å². The van der Waals surface area contributed by atoms with Crippen molar-refractivity contribution < 1.29 is 33.4 Å². The summed E-state index contributed by atoms with van der Waals surface area (Å²) in [5.41, 5.74) is 4.59. The molecule has 0 aliphatic carbocycles. The predicted molar refractivity (Wildman–Crippen MR) is 120 cm³/mol. The third kappa shape index (κ3) is 7.23. The normalized spacial score (nSPS) is 10.6. The van der Waals surface area contributed by atoms with E-state index in [1.807, 2.05) is 0 Å². The van der Waals surface area contributed by atoms with Gasteiger partial charge in [0.05, 0.1) is 19.8 Å². The van der Waals surface area contributed by atoms with Crippen molar-refractivity contribution in [2.75, 3.05) is 26.1 Å². The number of hydrogen-bond acceptors (Lipinski definition) is 7. The standard InChI is InChI=1S/C23H27N3O7/c1-23(2,3)22(30)24-16-8-6-7-15(11-16)21(29)33-13-19(27)25-26-20(28)14-9-10-17(31-4)18(12-14)32-5/h6-12H,13H2,1-5H3,(H,24,30)(H,25,27)(H,26,28). The summed E-state index contributed by atoms with van der Waals surface area (Å²) >= 11 is 0. The van der Waals surface area contributed by atoms with Crippen molar-refractivity contribution in [1.29, 1.82) is 0 Å². The summed E-state index contributed by atoms with van der Waals surface area (Å²) in [5.74, 6) is -1.51. The first-order chi connectivity index (χ1) is 15.5. The van der Waals surface area contributed by atoms with Crippen LogP contribution in [0, 0.1) is 5.41 Å². The molecule has 0 unspecified atom stereocenters. The molecule has 0 spiro atoms. The number of ether oxygens (including phenoxy) is 3. The maximum Gasteiger partial charge on any atom is 0.338 e. The van der Waals surface area contributed by atoms with E-state index in [2.05, 4.69) is 16.2 Å². The molecule has 10 nitrogen and oxygen atoms in total. The maximum absolute atomic E-state index is 12.2. The molecule has 0 atom stereocenters. The summed E-state index contributed by atoms with van der Waals surface area (Å²) in [7, 11) is 2.90. The number of hydrogen-bond donors (Lipinski definition) is 3. The zero-order valence-electron chi connectivity index (χ0n) is 19.1. The molecule has 0 bridgehead atoms. The van der Waals surface area contributed by atoms with E-state index in [9.17, 15) is 19.2 Å². The molecular formula is C23H27N3O7. The number of benzene rings is 2. The van der Waals surface area contributed by atoms with Gasteiger partial charge in [-0.15, -0.1) is 0 Å². The highest BCUT2D eigenvalue weighted by molar-refractivity contribution is 5.98. The van der Waals surface area contributed by atoms with Gasteiger partial charge in [-0.25, -0.2) is 4.79 Å². The SMILES string of the molecule is COc1ccc(C(=O)NNC(=O)COC(=O)c2cccc(NC(=O)C(C)(C)C)c2)cc1OC. The lowest BCUT2D eigenvalue weighted by molar-refractivity contribution is -0.125. The van der Waals surface area contributed by atoms with Crippen molar-refractivity contribution in [2.45, 2.75) is 20.8 Å². The van der Waals surface area contributed by atoms with Gasteiger partial charge in [-0.05, 0) is 36.4 Å². The molecular weight excluding hydrogens is 430 g/mol. The van der Waals surface area contributed by atoms with Crippen LogP contribution in [0.2, 0.25) is 0 Å². The number of hydrazine groups is 1. The maximum atomic E-state index is 12.2. The van der Waals surface area contributed by atoms with Crippen LogP contribution in [0.25, 0.3) is 0 Å². The number of esters is 1. The molecule has 33 heavy (non-hydrogen) atoms. The Morgan fingerprint density at radius 1 is 0.848 bits per heavy atom. The number of anilines is 1. The van der Waals surface area contributed by atoms with Gasteiger partial charge in [-0.2, -0.15) is 0 Å². The van der Waals surface area contributed by atoms with Crippen LogP contribution in [0.1, 0.15) is 41.5 Å². The van der Waals surface area contributed by atoms with Crippen LogP contribution in [0.3, 0.4) is 0 Å². The van der Waals surface area contributed by atoms with Crippen LogP contribution in [0.15, 0.2) is 42.5 Å². The van der Waals surface area contributed by atoms with Gasteiger partial charge in [0, 0.05) is 16.7 Å². The third-order valence-corrected chi connectivity index (χ3v) is 4.33. The van der Waals surface area contributed by atoms with Gasteiger partial charge in [0.2, 0.25) is 5.91 Å². The quantitative estimate of drug-likeness (QED) is 0.429. The summed E-state index contributed by atoms with van der Waals surface area (Å²) in [5, 5.41) is 2.72. The molecule has 3 N–H and O–H groups in total. The highest BCUT2D eigenvalue weighted by Gasteiger charge is 2.21. The van der Waals surface area contributed by atoms with Crippen LogP contribution < -0.4 is 25.6 Å². The minimum atomic E-state index is -0.761. The molecule has 10 heteroatoms. The molecule has 176 valence electrons. The summed E-state index contributed by atoms with van der Waals surface area (Å²) < 4.78 is 15.2. The van der Waals surface area contributed by atoms with E-state index < -0.39 is 29.8 Å². The zero-order chi connectivity index (χ0) is 24.6. The second-order valence-corrected chi connectivity index (χ2v) is 7.93. The molecule has 3 amide bonds. The van der Waals surface area contributed by atoms with Crippen molar-refractivity contribution in [2.24, 2.45) is 5.41 Å². The Labute approximate surface area is 191 Å². The van der Waals surface area contributed by atoms with E-state index in [1.54, 1.807) is 39.0 Å². The second-order valence-electron chi connectivity index (χ2n) is 7.93. The molecule has 0 aliphatic heterocycles. The van der Waals surface area contributed by atoms with Crippen molar-refractivity contribution in [3.05, 3.63) is 53.6 Å². The molecule has 0 saturated heterocycles. The van der Waals surface area contributed by atoms with Gasteiger partial charge >= 0.3 is 5.97 Å². The molecule has 0 radical (unpaired) electrons. The van der Waals surface area contributed by atoms with Crippen molar-refractivity contribution in [1.82, 2.24) is 10.9 Å². The Balaban J connectivity index is 1.87. The Morgan fingerprint density at radius 2 is 1.55 bits per heavy atom. The van der Waals surface area contributed by atoms with Crippen molar-refractivity contribution >= 4 is 29.4 Å². The van der Waals surface area contributed by atoms with Gasteiger partial charge in [0.1, 0.15) is 0 Å². The highest BCUT2D eigenvalue weighted by atomic mass is 16.5. The molecule has 0 fully saturated rings. The highest BCUT2D eigenvalue weighted by Crippen LogP contribution is 2.27. The second kappa shape index (κ2) is 11.0. The monoisotopic (exact) mass is 457 g/mol. The molecule has 2 aromatic carbocycles. The predicted octanol–water partition coefficient (Wildman–Crippen LogP) is 2.31. The largest absolute Gasteiger partial charge is 0.493 e. The number of carbonyl (C=O) groups excluding carboxylic acids is 4. The van der Waals surface area contributed by atoms with Crippen molar-refractivity contribution in [3.8, 4) is 11.5 Å². The topological polar surface area (TPSA) is 132 Å². The Hall–Kier alpha value is -4.08. The lowest BCUT2D eigenvalue weighted by Gasteiger charge is -2.17. The zero-order valence-corrected chi connectivity index (χ0v) is 19.1. The molecule has 0 heterocycles. The van der Waals surface area contributed by atoms with Gasteiger partial charge in [-0.3, -0.25) is 25.2 Å². The molecule has 2 aromatic rings. The van der Waals surface area contributed by atoms with Gasteiger partial charge in [0.25, 0.3) is 11.8 Å². The number of carbonyl (C=O) groups is 4. The third-order valence-electron chi connectivity index (χ3n) is 4.33. The summed E-state index contributed by atoms with van der Waals surface area (Å²) in [4.78, 5) is 48.5. The molecule has 0 saturated carbocycles. The first-order valence-corrected chi connectivity index (χ1v) is 9.95. The fourth-order valence-electron chi connectivity index (χ4n) is 2.47.